The van der Waals surface area contributed by atoms with E-state index in [0.29, 0.717) is 31.6 Å². The SMILES string of the molecule is CCCN(CCC)S(=O)(=O)c1ccc(N(C(=O)[O-])C(c2ccccc2)c2ccccc2)cc1. The van der Waals surface area contributed by atoms with Crippen molar-refractivity contribution in [2.24, 2.45) is 0 Å². The molecule has 0 fully saturated rings. The number of carbonyl (C=O) groups excluding carboxylic acids is 1. The van der Waals surface area contributed by atoms with Crippen molar-refractivity contribution in [2.45, 2.75) is 37.6 Å². The fourth-order valence-electron chi connectivity index (χ4n) is 3.90. The Labute approximate surface area is 196 Å². The molecule has 3 aromatic rings. The van der Waals surface area contributed by atoms with Crippen molar-refractivity contribution in [1.82, 2.24) is 4.31 Å². The van der Waals surface area contributed by atoms with Gasteiger partial charge in [-0.15, -0.1) is 0 Å². The second kappa shape index (κ2) is 11.1. The van der Waals surface area contributed by atoms with Crippen molar-refractivity contribution in [3.8, 4) is 0 Å². The first kappa shape index (κ1) is 24.5. The van der Waals surface area contributed by atoms with Gasteiger partial charge in [-0.2, -0.15) is 4.31 Å². The molecule has 0 aliphatic carbocycles. The van der Waals surface area contributed by atoms with Gasteiger partial charge in [-0.25, -0.2) is 8.42 Å². The lowest BCUT2D eigenvalue weighted by molar-refractivity contribution is -0.247. The summed E-state index contributed by atoms with van der Waals surface area (Å²) in [7, 11) is -3.66. The van der Waals surface area contributed by atoms with Gasteiger partial charge in [0.1, 0.15) is 6.09 Å². The lowest BCUT2D eigenvalue weighted by Gasteiger charge is -2.35. The van der Waals surface area contributed by atoms with Crippen molar-refractivity contribution in [3.63, 3.8) is 0 Å². The topological polar surface area (TPSA) is 80.8 Å². The van der Waals surface area contributed by atoms with Crippen LogP contribution in [-0.2, 0) is 10.0 Å². The summed E-state index contributed by atoms with van der Waals surface area (Å²) >= 11 is 0. The average Bonchev–Trinajstić information content (AvgIpc) is 2.83. The molecule has 0 heterocycles. The summed E-state index contributed by atoms with van der Waals surface area (Å²) in [6.07, 6.45) is 0.0546. The molecule has 0 spiro atoms. The number of nitrogens with zero attached hydrogens (tertiary/aromatic N) is 2. The Morgan fingerprint density at radius 3 is 1.64 bits per heavy atom. The molecule has 0 bridgehead atoms. The van der Waals surface area contributed by atoms with E-state index in [1.807, 2.05) is 74.5 Å². The number of carboxylic acid groups (broad SMARTS) is 1. The van der Waals surface area contributed by atoms with Crippen molar-refractivity contribution < 1.29 is 18.3 Å². The van der Waals surface area contributed by atoms with Crippen molar-refractivity contribution in [3.05, 3.63) is 96.1 Å². The summed E-state index contributed by atoms with van der Waals surface area (Å²) < 4.78 is 27.6. The summed E-state index contributed by atoms with van der Waals surface area (Å²) in [5, 5.41) is 12.3. The van der Waals surface area contributed by atoms with E-state index in [1.54, 1.807) is 0 Å². The third-order valence-electron chi connectivity index (χ3n) is 5.38. The molecule has 0 saturated carbocycles. The highest BCUT2D eigenvalue weighted by atomic mass is 32.2. The van der Waals surface area contributed by atoms with Crippen LogP contribution in [0.2, 0.25) is 0 Å². The molecule has 0 aromatic heterocycles. The maximum atomic E-state index is 13.1. The van der Waals surface area contributed by atoms with E-state index in [0.717, 1.165) is 16.0 Å². The summed E-state index contributed by atoms with van der Waals surface area (Å²) in [6.45, 7) is 4.75. The maximum absolute atomic E-state index is 13.1. The quantitative estimate of drug-likeness (QED) is 0.443. The number of sulfonamides is 1. The molecule has 0 aliphatic rings. The molecule has 6 nitrogen and oxygen atoms in total. The Bertz CT molecular complexity index is 1090. The number of rotatable bonds is 10. The molecule has 0 unspecified atom stereocenters. The van der Waals surface area contributed by atoms with Gasteiger partial charge in [-0.05, 0) is 48.2 Å². The molecular weight excluding hydrogens is 436 g/mol. The molecule has 0 atom stereocenters. The zero-order valence-corrected chi connectivity index (χ0v) is 19.7. The van der Waals surface area contributed by atoms with Gasteiger partial charge in [-0.3, -0.25) is 0 Å². The number of carbonyl (C=O) groups is 1. The molecule has 33 heavy (non-hydrogen) atoms. The summed E-state index contributed by atoms with van der Waals surface area (Å²) in [4.78, 5) is 13.6. The Morgan fingerprint density at radius 2 is 1.24 bits per heavy atom. The van der Waals surface area contributed by atoms with Crippen LogP contribution in [0.15, 0.2) is 89.8 Å². The van der Waals surface area contributed by atoms with Crippen LogP contribution in [-0.4, -0.2) is 31.9 Å². The standard InChI is InChI=1S/C26H30N2O4S/c1-3-19-27(20-4-2)33(31,32)24-17-15-23(16-18-24)28(26(29)30)25(21-11-7-5-8-12-21)22-13-9-6-10-14-22/h5-18,25H,3-4,19-20H2,1-2H3,(H,29,30)/p-1. The molecule has 3 rings (SSSR count). The number of amides is 1. The summed E-state index contributed by atoms with van der Waals surface area (Å²) in [5.41, 5.74) is 1.90. The van der Waals surface area contributed by atoms with Gasteiger partial charge >= 0.3 is 0 Å². The number of anilines is 1. The van der Waals surface area contributed by atoms with Crippen LogP contribution in [0.4, 0.5) is 10.5 Å². The fourth-order valence-corrected chi connectivity index (χ4v) is 5.52. The van der Waals surface area contributed by atoms with Crippen LogP contribution < -0.4 is 10.0 Å². The zero-order chi connectivity index (χ0) is 23.8. The number of hydrogen-bond donors (Lipinski definition) is 0. The van der Waals surface area contributed by atoms with Crippen molar-refractivity contribution >= 4 is 21.8 Å². The molecule has 0 radical (unpaired) electrons. The van der Waals surface area contributed by atoms with Gasteiger partial charge in [0.25, 0.3) is 0 Å². The number of benzene rings is 3. The van der Waals surface area contributed by atoms with Crippen molar-refractivity contribution in [1.29, 1.82) is 0 Å². The van der Waals surface area contributed by atoms with E-state index < -0.39 is 22.2 Å². The molecule has 174 valence electrons. The lowest BCUT2D eigenvalue weighted by Crippen LogP contribution is -2.44. The number of hydrogen-bond acceptors (Lipinski definition) is 4. The zero-order valence-electron chi connectivity index (χ0n) is 18.9. The largest absolute Gasteiger partial charge is 0.530 e. The Kier molecular flexibility index (Phi) is 8.25. The minimum Gasteiger partial charge on any atom is -0.530 e. The lowest BCUT2D eigenvalue weighted by atomic mass is 9.97. The Hall–Kier alpha value is -3.16. The van der Waals surface area contributed by atoms with Gasteiger partial charge in [-0.1, -0.05) is 74.5 Å². The third kappa shape index (κ3) is 5.61. The Balaban J connectivity index is 2.04. The highest BCUT2D eigenvalue weighted by Crippen LogP contribution is 2.33. The molecule has 1 amide bonds. The fraction of sp³-hybridized carbons (Fsp3) is 0.269. The molecule has 0 saturated heterocycles. The van der Waals surface area contributed by atoms with Gasteiger partial charge < -0.3 is 14.8 Å². The molecule has 7 heteroatoms. The van der Waals surface area contributed by atoms with Crippen LogP contribution in [0.5, 0.6) is 0 Å². The first-order valence-electron chi connectivity index (χ1n) is 11.1. The minimum atomic E-state index is -3.66. The predicted octanol–water partition coefficient (Wildman–Crippen LogP) is 4.44. The van der Waals surface area contributed by atoms with Gasteiger partial charge in [0.15, 0.2) is 0 Å². The highest BCUT2D eigenvalue weighted by Gasteiger charge is 2.26. The first-order chi connectivity index (χ1) is 15.9. The second-order valence-electron chi connectivity index (χ2n) is 7.76. The Morgan fingerprint density at radius 1 is 0.788 bits per heavy atom. The first-order valence-corrected chi connectivity index (χ1v) is 12.5. The van der Waals surface area contributed by atoms with Crippen molar-refractivity contribution in [2.75, 3.05) is 18.0 Å². The van der Waals surface area contributed by atoms with E-state index in [2.05, 4.69) is 0 Å². The molecule has 0 aliphatic heterocycles. The molecule has 0 N–H and O–H groups in total. The van der Waals surface area contributed by atoms with E-state index >= 15 is 0 Å². The van der Waals surface area contributed by atoms with Crippen LogP contribution >= 0.6 is 0 Å². The van der Waals surface area contributed by atoms with Crippen LogP contribution in [0.25, 0.3) is 0 Å². The smallest absolute Gasteiger partial charge is 0.243 e. The van der Waals surface area contributed by atoms with Gasteiger partial charge in [0.05, 0.1) is 10.9 Å². The minimum absolute atomic E-state index is 0.141. The van der Waals surface area contributed by atoms with E-state index in [9.17, 15) is 18.3 Å². The van der Waals surface area contributed by atoms with Gasteiger partial charge in [0, 0.05) is 18.8 Å². The van der Waals surface area contributed by atoms with Crippen LogP contribution in [0.3, 0.4) is 0 Å². The van der Waals surface area contributed by atoms with Crippen LogP contribution in [0, 0.1) is 0 Å². The van der Waals surface area contributed by atoms with Crippen LogP contribution in [0.1, 0.15) is 43.9 Å². The second-order valence-corrected chi connectivity index (χ2v) is 9.70. The van der Waals surface area contributed by atoms with E-state index in [4.69, 9.17) is 0 Å². The molecule has 3 aromatic carbocycles. The monoisotopic (exact) mass is 465 g/mol. The normalized spacial score (nSPS) is 11.6. The van der Waals surface area contributed by atoms with E-state index in [1.165, 1.54) is 28.6 Å². The maximum Gasteiger partial charge on any atom is 0.243 e. The highest BCUT2D eigenvalue weighted by molar-refractivity contribution is 7.89. The predicted molar refractivity (Wildman–Crippen MR) is 128 cm³/mol. The average molecular weight is 466 g/mol. The summed E-state index contributed by atoms with van der Waals surface area (Å²) in [5.74, 6) is 0. The third-order valence-corrected chi connectivity index (χ3v) is 7.30. The van der Waals surface area contributed by atoms with E-state index in [-0.39, 0.29) is 4.90 Å². The summed E-state index contributed by atoms with van der Waals surface area (Å²) in [6, 6.07) is 23.9. The van der Waals surface area contributed by atoms with Gasteiger partial charge in [0.2, 0.25) is 10.0 Å². The molecular formula is C26H29N2O4S-.